The van der Waals surface area contributed by atoms with E-state index in [2.05, 4.69) is 15.4 Å². The third kappa shape index (κ3) is 3.08. The Balaban J connectivity index is 2.04. The van der Waals surface area contributed by atoms with Crippen LogP contribution in [0.4, 0.5) is 0 Å². The Morgan fingerprint density at radius 1 is 1.29 bits per heavy atom. The van der Waals surface area contributed by atoms with Crippen LogP contribution in [0.5, 0.6) is 0 Å². The van der Waals surface area contributed by atoms with Crippen molar-refractivity contribution in [1.82, 2.24) is 20.2 Å². The molecule has 1 heterocycles. The Kier molecular flexibility index (Phi) is 3.79. The molecular weight excluding hydrogens is 218 g/mol. The summed E-state index contributed by atoms with van der Waals surface area (Å²) in [5.74, 6) is 0.325. The van der Waals surface area contributed by atoms with E-state index in [0.717, 1.165) is 5.56 Å². The zero-order valence-electron chi connectivity index (χ0n) is 9.40. The minimum absolute atomic E-state index is 0.325. The molecule has 0 bridgehead atoms. The number of nitrogens with two attached hydrogens (primary N) is 1. The maximum Gasteiger partial charge on any atom is 0.203 e. The van der Waals surface area contributed by atoms with Gasteiger partial charge in [-0.3, -0.25) is 0 Å². The zero-order valence-corrected chi connectivity index (χ0v) is 9.40. The fraction of sp³-hybridized carbons (Fsp3) is 0.364. The maximum atomic E-state index is 9.64. The Hall–Kier alpha value is -1.79. The van der Waals surface area contributed by atoms with Crippen molar-refractivity contribution in [3.63, 3.8) is 0 Å². The van der Waals surface area contributed by atoms with Gasteiger partial charge in [-0.25, -0.2) is 0 Å². The Morgan fingerprint density at radius 2 is 2.06 bits per heavy atom. The van der Waals surface area contributed by atoms with Crippen LogP contribution in [0.15, 0.2) is 30.3 Å². The Labute approximate surface area is 99.1 Å². The average Bonchev–Trinajstić information content (AvgIpc) is 2.79. The van der Waals surface area contributed by atoms with Crippen LogP contribution >= 0.6 is 0 Å². The Morgan fingerprint density at radius 3 is 2.76 bits per heavy atom. The van der Waals surface area contributed by atoms with E-state index in [1.807, 2.05) is 30.3 Å². The summed E-state index contributed by atoms with van der Waals surface area (Å²) in [5.41, 5.74) is 6.44. The van der Waals surface area contributed by atoms with E-state index < -0.39 is 6.10 Å². The molecule has 1 atom stereocenters. The van der Waals surface area contributed by atoms with Gasteiger partial charge in [0.2, 0.25) is 5.82 Å². The van der Waals surface area contributed by atoms with E-state index in [4.69, 9.17) is 5.73 Å². The first kappa shape index (κ1) is 11.7. The van der Waals surface area contributed by atoms with Crippen LogP contribution in [0, 0.1) is 0 Å². The van der Waals surface area contributed by atoms with Gasteiger partial charge in [0.05, 0.1) is 6.54 Å². The molecule has 0 spiro atoms. The molecule has 0 fully saturated rings. The van der Waals surface area contributed by atoms with Gasteiger partial charge in [0.1, 0.15) is 6.10 Å². The van der Waals surface area contributed by atoms with Crippen LogP contribution in [-0.4, -0.2) is 31.9 Å². The number of aliphatic hydroxyl groups is 1. The van der Waals surface area contributed by atoms with Crippen LogP contribution in [0.25, 0.3) is 0 Å². The van der Waals surface area contributed by atoms with E-state index in [-0.39, 0.29) is 0 Å². The van der Waals surface area contributed by atoms with Crippen LogP contribution in [-0.2, 0) is 6.54 Å². The summed E-state index contributed by atoms with van der Waals surface area (Å²) < 4.78 is 0. The van der Waals surface area contributed by atoms with Gasteiger partial charge in [-0.15, -0.1) is 10.2 Å². The fourth-order valence-electron chi connectivity index (χ4n) is 1.49. The molecule has 0 aliphatic rings. The fourth-order valence-corrected chi connectivity index (χ4v) is 1.49. The summed E-state index contributed by atoms with van der Waals surface area (Å²) in [6, 6.07) is 9.83. The van der Waals surface area contributed by atoms with Crippen molar-refractivity contribution in [3.8, 4) is 0 Å². The first-order valence-corrected chi connectivity index (χ1v) is 5.49. The standard InChI is InChI=1S/C11H15N5O/c12-7-6-10(17)11-13-15-16(14-11)8-9-4-2-1-3-5-9/h1-5,10,17H,6-8,12H2. The summed E-state index contributed by atoms with van der Waals surface area (Å²) in [7, 11) is 0. The summed E-state index contributed by atoms with van der Waals surface area (Å²) in [6.45, 7) is 0.942. The second kappa shape index (κ2) is 5.51. The van der Waals surface area contributed by atoms with E-state index in [1.54, 1.807) is 0 Å². The molecule has 2 rings (SSSR count). The molecule has 17 heavy (non-hydrogen) atoms. The second-order valence-corrected chi connectivity index (χ2v) is 3.76. The minimum Gasteiger partial charge on any atom is -0.385 e. The predicted octanol–water partition coefficient (Wildman–Crippen LogP) is 0.104. The van der Waals surface area contributed by atoms with Crippen LogP contribution < -0.4 is 5.73 Å². The highest BCUT2D eigenvalue weighted by Crippen LogP contribution is 2.09. The first-order chi connectivity index (χ1) is 8.29. The quantitative estimate of drug-likeness (QED) is 0.764. The average molecular weight is 233 g/mol. The molecule has 3 N–H and O–H groups in total. The SMILES string of the molecule is NCCC(O)c1nnn(Cc2ccccc2)n1. The van der Waals surface area contributed by atoms with E-state index >= 15 is 0 Å². The molecular formula is C11H15N5O. The summed E-state index contributed by atoms with van der Waals surface area (Å²) in [4.78, 5) is 1.46. The molecule has 0 aliphatic heterocycles. The van der Waals surface area contributed by atoms with Crippen LogP contribution in [0.2, 0.25) is 0 Å². The van der Waals surface area contributed by atoms with Crippen molar-refractivity contribution < 1.29 is 5.11 Å². The molecule has 0 saturated carbocycles. The van der Waals surface area contributed by atoms with Gasteiger partial charge in [-0.05, 0) is 23.7 Å². The summed E-state index contributed by atoms with van der Waals surface area (Å²) in [5, 5.41) is 21.5. The molecule has 6 heteroatoms. The molecule has 6 nitrogen and oxygen atoms in total. The second-order valence-electron chi connectivity index (χ2n) is 3.76. The predicted molar refractivity (Wildman–Crippen MR) is 62.0 cm³/mol. The highest BCUT2D eigenvalue weighted by Gasteiger charge is 2.12. The molecule has 0 saturated heterocycles. The van der Waals surface area contributed by atoms with Crippen molar-refractivity contribution in [2.24, 2.45) is 5.73 Å². The lowest BCUT2D eigenvalue weighted by atomic mass is 10.2. The number of aliphatic hydroxyl groups excluding tert-OH is 1. The molecule has 0 amide bonds. The molecule has 90 valence electrons. The molecule has 0 aliphatic carbocycles. The van der Waals surface area contributed by atoms with Gasteiger partial charge in [0, 0.05) is 0 Å². The van der Waals surface area contributed by atoms with Crippen molar-refractivity contribution in [1.29, 1.82) is 0 Å². The maximum absolute atomic E-state index is 9.64. The lowest BCUT2D eigenvalue weighted by molar-refractivity contribution is 0.160. The zero-order chi connectivity index (χ0) is 12.1. The molecule has 0 radical (unpaired) electrons. The highest BCUT2D eigenvalue weighted by atomic mass is 16.3. The monoisotopic (exact) mass is 233 g/mol. The molecule has 1 aromatic heterocycles. The Bertz CT molecular complexity index is 456. The van der Waals surface area contributed by atoms with Crippen LogP contribution in [0.3, 0.4) is 0 Å². The van der Waals surface area contributed by atoms with Gasteiger partial charge < -0.3 is 10.8 Å². The highest BCUT2D eigenvalue weighted by molar-refractivity contribution is 5.14. The summed E-state index contributed by atoms with van der Waals surface area (Å²) in [6.07, 6.45) is -0.290. The minimum atomic E-state index is -0.732. The van der Waals surface area contributed by atoms with E-state index in [0.29, 0.717) is 25.3 Å². The normalized spacial score (nSPS) is 12.6. The van der Waals surface area contributed by atoms with E-state index in [9.17, 15) is 5.11 Å². The van der Waals surface area contributed by atoms with Crippen LogP contribution in [0.1, 0.15) is 23.9 Å². The molecule has 1 aromatic carbocycles. The number of rotatable bonds is 5. The van der Waals surface area contributed by atoms with Crippen molar-refractivity contribution >= 4 is 0 Å². The number of hydrogen-bond donors (Lipinski definition) is 2. The first-order valence-electron chi connectivity index (χ1n) is 5.49. The van der Waals surface area contributed by atoms with Gasteiger partial charge >= 0.3 is 0 Å². The number of hydrogen-bond acceptors (Lipinski definition) is 5. The lowest BCUT2D eigenvalue weighted by Gasteiger charge is -2.02. The largest absolute Gasteiger partial charge is 0.385 e. The van der Waals surface area contributed by atoms with E-state index in [1.165, 1.54) is 4.80 Å². The summed E-state index contributed by atoms with van der Waals surface area (Å²) >= 11 is 0. The number of aromatic nitrogens is 4. The topological polar surface area (TPSA) is 89.9 Å². The third-order valence-electron chi connectivity index (χ3n) is 2.37. The van der Waals surface area contributed by atoms with Crippen molar-refractivity contribution in [2.75, 3.05) is 6.54 Å². The van der Waals surface area contributed by atoms with Crippen molar-refractivity contribution in [2.45, 2.75) is 19.1 Å². The van der Waals surface area contributed by atoms with Gasteiger partial charge in [0.15, 0.2) is 0 Å². The van der Waals surface area contributed by atoms with Gasteiger partial charge in [0.25, 0.3) is 0 Å². The smallest absolute Gasteiger partial charge is 0.203 e. The lowest BCUT2D eigenvalue weighted by Crippen LogP contribution is -2.09. The number of tetrazole rings is 1. The number of benzene rings is 1. The van der Waals surface area contributed by atoms with Gasteiger partial charge in [-0.2, -0.15) is 4.80 Å². The van der Waals surface area contributed by atoms with Crippen molar-refractivity contribution in [3.05, 3.63) is 41.7 Å². The third-order valence-corrected chi connectivity index (χ3v) is 2.37. The molecule has 1 unspecified atom stereocenters. The van der Waals surface area contributed by atoms with Gasteiger partial charge in [-0.1, -0.05) is 30.3 Å². The molecule has 2 aromatic rings. The number of nitrogens with zero attached hydrogens (tertiary/aromatic N) is 4.